The molecule has 0 aromatic carbocycles. The molecule has 0 aliphatic carbocycles. The molecule has 28 heavy (non-hydrogen) atoms. The van der Waals surface area contributed by atoms with Crippen LogP contribution in [-0.2, 0) is 12.2 Å². The molecule has 4 aromatic rings. The first-order chi connectivity index (χ1) is 13.5. The van der Waals surface area contributed by atoms with Crippen LogP contribution >= 0.6 is 23.1 Å². The van der Waals surface area contributed by atoms with E-state index in [2.05, 4.69) is 40.9 Å². The number of hydrogen-bond acceptors (Lipinski definition) is 8. The van der Waals surface area contributed by atoms with Crippen LogP contribution in [0.25, 0.3) is 21.9 Å². The van der Waals surface area contributed by atoms with E-state index >= 15 is 0 Å². The highest BCUT2D eigenvalue weighted by atomic mass is 32.2. The number of nitrogens with zero attached hydrogens (tertiary/aromatic N) is 3. The van der Waals surface area contributed by atoms with E-state index in [4.69, 9.17) is 8.83 Å². The van der Waals surface area contributed by atoms with E-state index in [1.165, 1.54) is 11.8 Å². The van der Waals surface area contributed by atoms with E-state index in [1.807, 2.05) is 0 Å². The highest BCUT2D eigenvalue weighted by molar-refractivity contribution is 7.98. The molecule has 0 radical (unpaired) electrons. The van der Waals surface area contributed by atoms with Crippen LogP contribution < -0.4 is 5.56 Å². The van der Waals surface area contributed by atoms with Gasteiger partial charge in [-0.15, -0.1) is 21.5 Å². The number of H-pyrrole nitrogens is 1. The zero-order valence-corrected chi connectivity index (χ0v) is 17.4. The molecule has 146 valence electrons. The minimum Gasteiger partial charge on any atom is -0.459 e. The molecule has 0 amide bonds. The average molecular weight is 417 g/mol. The Morgan fingerprint density at radius 1 is 1.36 bits per heavy atom. The van der Waals surface area contributed by atoms with Gasteiger partial charge >= 0.3 is 0 Å². The number of nitrogens with one attached hydrogen (secondary N) is 1. The molecule has 0 spiro atoms. The Balaban J connectivity index is 1.54. The lowest BCUT2D eigenvalue weighted by Gasteiger charge is -2.08. The molecule has 0 aliphatic rings. The zero-order valence-electron chi connectivity index (χ0n) is 15.8. The second kappa shape index (κ2) is 7.92. The van der Waals surface area contributed by atoms with E-state index in [9.17, 15) is 4.79 Å². The van der Waals surface area contributed by atoms with Crippen LogP contribution in [-0.4, -0.2) is 20.2 Å². The van der Waals surface area contributed by atoms with Crippen molar-refractivity contribution in [3.63, 3.8) is 0 Å². The topological polar surface area (TPSA) is 97.8 Å². The lowest BCUT2D eigenvalue weighted by atomic mass is 9.98. The van der Waals surface area contributed by atoms with Crippen molar-refractivity contribution in [2.45, 2.75) is 44.5 Å². The lowest BCUT2D eigenvalue weighted by molar-refractivity contribution is 0.494. The van der Waals surface area contributed by atoms with Crippen LogP contribution in [0.1, 0.15) is 36.6 Å². The van der Waals surface area contributed by atoms with Crippen molar-refractivity contribution < 1.29 is 8.83 Å². The quantitative estimate of drug-likeness (QED) is 0.341. The second-order valence-electron chi connectivity index (χ2n) is 6.67. The largest absolute Gasteiger partial charge is 0.459 e. The van der Waals surface area contributed by atoms with Crippen molar-refractivity contribution in [2.75, 3.05) is 0 Å². The Hall–Kier alpha value is -2.39. The summed E-state index contributed by atoms with van der Waals surface area (Å²) < 4.78 is 10.8. The molecule has 0 unspecified atom stereocenters. The highest BCUT2D eigenvalue weighted by Gasteiger charge is 2.17. The van der Waals surface area contributed by atoms with Crippen molar-refractivity contribution in [1.82, 2.24) is 20.2 Å². The number of fused-ring (bicyclic) bond motifs is 1. The Morgan fingerprint density at radius 3 is 2.96 bits per heavy atom. The average Bonchev–Trinajstić information content (AvgIpc) is 3.40. The van der Waals surface area contributed by atoms with Crippen LogP contribution in [0.4, 0.5) is 0 Å². The molecular weight excluding hydrogens is 396 g/mol. The fraction of sp³-hybridized carbons (Fsp3) is 0.368. The Labute approximate surface area is 169 Å². The molecule has 7 nitrogen and oxygen atoms in total. The number of hydrogen-bond donors (Lipinski definition) is 1. The fourth-order valence-corrected chi connectivity index (χ4v) is 4.71. The molecule has 4 heterocycles. The third-order valence-corrected chi connectivity index (χ3v) is 6.52. The Kier molecular flexibility index (Phi) is 5.36. The van der Waals surface area contributed by atoms with Gasteiger partial charge in [-0.2, -0.15) is 0 Å². The maximum Gasteiger partial charge on any atom is 0.283 e. The summed E-state index contributed by atoms with van der Waals surface area (Å²) in [4.78, 5) is 22.2. The maximum absolute atomic E-state index is 12.7. The zero-order chi connectivity index (χ0) is 19.7. The number of thioether (sulfide) groups is 1. The number of thiophene rings is 1. The molecule has 1 atom stereocenters. The minimum absolute atomic E-state index is 0.0862. The SMILES string of the molecule is CC[C@@H](C)Cc1c(C)sc2nc(SCc3nnc(-c4ccco4)o3)[nH]c(=O)c12. The highest BCUT2D eigenvalue weighted by Crippen LogP contribution is 2.31. The van der Waals surface area contributed by atoms with Crippen LogP contribution in [0, 0.1) is 12.8 Å². The van der Waals surface area contributed by atoms with Gasteiger partial charge in [0.15, 0.2) is 10.9 Å². The third-order valence-electron chi connectivity index (χ3n) is 4.62. The van der Waals surface area contributed by atoms with Crippen molar-refractivity contribution in [3.8, 4) is 11.7 Å². The standard InChI is InChI=1S/C19H20N4O3S2/c1-4-10(2)8-12-11(3)28-18-15(12)16(24)20-19(21-18)27-9-14-22-23-17(26-14)13-6-5-7-25-13/h5-7,10H,4,8-9H2,1-3H3,(H,20,21,24)/t10-/m1/s1. The molecular formula is C19H20N4O3S2. The summed E-state index contributed by atoms with van der Waals surface area (Å²) in [5.74, 6) is 2.25. The monoisotopic (exact) mass is 416 g/mol. The van der Waals surface area contributed by atoms with Crippen molar-refractivity contribution in [1.29, 1.82) is 0 Å². The van der Waals surface area contributed by atoms with Gasteiger partial charge in [0.1, 0.15) is 4.83 Å². The molecule has 4 aromatic heterocycles. The molecule has 0 saturated carbocycles. The number of aryl methyl sites for hydroxylation is 1. The van der Waals surface area contributed by atoms with Gasteiger partial charge in [-0.05, 0) is 37.0 Å². The van der Waals surface area contributed by atoms with Crippen LogP contribution in [0.2, 0.25) is 0 Å². The van der Waals surface area contributed by atoms with Crippen LogP contribution in [0.15, 0.2) is 37.2 Å². The van der Waals surface area contributed by atoms with Crippen molar-refractivity contribution >= 4 is 33.3 Å². The summed E-state index contributed by atoms with van der Waals surface area (Å²) in [6.07, 6.45) is 3.54. The first-order valence-corrected chi connectivity index (χ1v) is 10.9. The van der Waals surface area contributed by atoms with Crippen molar-refractivity contribution in [3.05, 3.63) is 45.1 Å². The molecule has 0 bridgehead atoms. The minimum atomic E-state index is -0.0862. The van der Waals surface area contributed by atoms with E-state index in [0.29, 0.717) is 34.4 Å². The summed E-state index contributed by atoms with van der Waals surface area (Å²) in [5, 5.41) is 9.27. The van der Waals surface area contributed by atoms with E-state index in [1.54, 1.807) is 29.7 Å². The number of rotatable bonds is 7. The van der Waals surface area contributed by atoms with E-state index in [-0.39, 0.29) is 5.56 Å². The molecule has 0 aliphatic heterocycles. The Morgan fingerprint density at radius 2 is 2.21 bits per heavy atom. The normalized spacial score (nSPS) is 12.7. The maximum atomic E-state index is 12.7. The second-order valence-corrected chi connectivity index (χ2v) is 8.84. The van der Waals surface area contributed by atoms with Gasteiger partial charge in [0.05, 0.1) is 17.4 Å². The van der Waals surface area contributed by atoms with Gasteiger partial charge in [-0.25, -0.2) is 4.98 Å². The summed E-state index contributed by atoms with van der Waals surface area (Å²) >= 11 is 2.94. The van der Waals surface area contributed by atoms with Gasteiger partial charge in [0.25, 0.3) is 11.4 Å². The number of aromatic nitrogens is 4. The number of furan rings is 1. The Bertz CT molecular complexity index is 1140. The van der Waals surface area contributed by atoms with E-state index in [0.717, 1.165) is 33.5 Å². The number of aromatic amines is 1. The summed E-state index contributed by atoms with van der Waals surface area (Å²) in [7, 11) is 0. The van der Waals surface area contributed by atoms with Gasteiger partial charge in [0.2, 0.25) is 5.89 Å². The summed E-state index contributed by atoms with van der Waals surface area (Å²) in [6, 6.07) is 3.52. The third kappa shape index (κ3) is 3.77. The van der Waals surface area contributed by atoms with Crippen LogP contribution in [0.5, 0.6) is 0 Å². The molecule has 4 rings (SSSR count). The predicted octanol–water partition coefficient (Wildman–Crippen LogP) is 4.82. The van der Waals surface area contributed by atoms with Gasteiger partial charge in [-0.3, -0.25) is 4.79 Å². The molecule has 1 N–H and O–H groups in total. The lowest BCUT2D eigenvalue weighted by Crippen LogP contribution is -2.11. The van der Waals surface area contributed by atoms with Crippen molar-refractivity contribution in [2.24, 2.45) is 5.92 Å². The summed E-state index contributed by atoms with van der Waals surface area (Å²) in [5.41, 5.74) is 1.04. The molecule has 0 saturated heterocycles. The van der Waals surface area contributed by atoms with E-state index < -0.39 is 0 Å². The molecule has 9 heteroatoms. The van der Waals surface area contributed by atoms with Gasteiger partial charge < -0.3 is 13.8 Å². The smallest absolute Gasteiger partial charge is 0.283 e. The fourth-order valence-electron chi connectivity index (χ4n) is 2.90. The van der Waals surface area contributed by atoms with Gasteiger partial charge in [-0.1, -0.05) is 32.0 Å². The first kappa shape index (κ1) is 18.9. The predicted molar refractivity (Wildman–Crippen MR) is 110 cm³/mol. The summed E-state index contributed by atoms with van der Waals surface area (Å²) in [6.45, 7) is 6.43. The van der Waals surface area contributed by atoms with Gasteiger partial charge in [0, 0.05) is 4.88 Å². The molecule has 0 fully saturated rings. The first-order valence-electron chi connectivity index (χ1n) is 9.06. The van der Waals surface area contributed by atoms with Crippen LogP contribution in [0.3, 0.4) is 0 Å².